The zero-order chi connectivity index (χ0) is 15.2. The van der Waals surface area contributed by atoms with E-state index in [9.17, 15) is 0 Å². The monoisotopic (exact) mass is 293 g/mol. The minimum absolute atomic E-state index is 0.311. The lowest BCUT2D eigenvalue weighted by atomic mass is 10.0. The van der Waals surface area contributed by atoms with Crippen LogP contribution in [0.1, 0.15) is 22.7 Å². The van der Waals surface area contributed by atoms with Gasteiger partial charge in [0.15, 0.2) is 0 Å². The van der Waals surface area contributed by atoms with E-state index >= 15 is 0 Å². The van der Waals surface area contributed by atoms with Crippen molar-refractivity contribution < 1.29 is 4.74 Å². The Morgan fingerprint density at radius 3 is 2.32 bits per heavy atom. The number of ether oxygens (including phenoxy) is 1. The summed E-state index contributed by atoms with van der Waals surface area (Å²) >= 11 is 0. The molecule has 2 nitrogen and oxygen atoms in total. The van der Waals surface area contributed by atoms with Crippen molar-refractivity contribution >= 4 is 6.08 Å². The molecule has 1 unspecified atom stereocenters. The first-order valence-corrected chi connectivity index (χ1v) is 7.94. The lowest BCUT2D eigenvalue weighted by Gasteiger charge is -2.33. The Morgan fingerprint density at radius 2 is 1.64 bits per heavy atom. The molecule has 1 fully saturated rings. The largest absolute Gasteiger partial charge is 0.379 e. The van der Waals surface area contributed by atoms with Crippen molar-refractivity contribution in [2.75, 3.05) is 26.3 Å². The second-order valence-electron chi connectivity index (χ2n) is 5.77. The van der Waals surface area contributed by atoms with Crippen LogP contribution in [0.5, 0.6) is 0 Å². The Hall–Kier alpha value is -1.90. The molecule has 0 saturated carbocycles. The molecule has 0 aromatic heterocycles. The van der Waals surface area contributed by atoms with Crippen LogP contribution in [0, 0.1) is 6.92 Å². The first-order valence-electron chi connectivity index (χ1n) is 7.94. The van der Waals surface area contributed by atoms with E-state index < -0.39 is 0 Å². The van der Waals surface area contributed by atoms with Crippen molar-refractivity contribution in [3.05, 3.63) is 77.4 Å². The maximum absolute atomic E-state index is 5.50. The van der Waals surface area contributed by atoms with Crippen molar-refractivity contribution in [1.29, 1.82) is 0 Å². The number of hydrogen-bond donors (Lipinski definition) is 0. The highest BCUT2D eigenvalue weighted by atomic mass is 16.5. The summed E-state index contributed by atoms with van der Waals surface area (Å²) in [7, 11) is 0. The van der Waals surface area contributed by atoms with Crippen LogP contribution in [0.4, 0.5) is 0 Å². The fourth-order valence-electron chi connectivity index (χ4n) is 2.83. The fraction of sp³-hybridized carbons (Fsp3) is 0.300. The second-order valence-corrected chi connectivity index (χ2v) is 5.77. The van der Waals surface area contributed by atoms with E-state index in [2.05, 4.69) is 78.6 Å². The summed E-state index contributed by atoms with van der Waals surface area (Å²) in [4.78, 5) is 2.49. The van der Waals surface area contributed by atoms with E-state index in [0.29, 0.717) is 6.04 Å². The molecule has 114 valence electrons. The van der Waals surface area contributed by atoms with Gasteiger partial charge in [0.2, 0.25) is 0 Å². The molecular weight excluding hydrogens is 270 g/mol. The molecule has 2 heteroatoms. The van der Waals surface area contributed by atoms with Crippen LogP contribution in [0.25, 0.3) is 6.08 Å². The molecular formula is C20H23NO. The van der Waals surface area contributed by atoms with Gasteiger partial charge in [0.1, 0.15) is 0 Å². The Bertz CT molecular complexity index is 597. The summed E-state index contributed by atoms with van der Waals surface area (Å²) in [5.41, 5.74) is 3.89. The van der Waals surface area contributed by atoms with E-state index in [1.807, 2.05) is 0 Å². The third-order valence-corrected chi connectivity index (χ3v) is 4.13. The van der Waals surface area contributed by atoms with Crippen molar-refractivity contribution in [1.82, 2.24) is 4.90 Å². The van der Waals surface area contributed by atoms with Crippen LogP contribution in [0.15, 0.2) is 60.7 Å². The first-order chi connectivity index (χ1) is 10.8. The minimum atomic E-state index is 0.311. The predicted octanol–water partition coefficient (Wildman–Crippen LogP) is 4.08. The zero-order valence-electron chi connectivity index (χ0n) is 13.1. The summed E-state index contributed by atoms with van der Waals surface area (Å²) in [6.07, 6.45) is 4.54. The number of morpholine rings is 1. The highest BCUT2D eigenvalue weighted by molar-refractivity contribution is 5.51. The molecule has 2 aromatic carbocycles. The number of rotatable bonds is 4. The molecule has 0 N–H and O–H groups in total. The van der Waals surface area contributed by atoms with Crippen LogP contribution < -0.4 is 0 Å². The topological polar surface area (TPSA) is 12.5 Å². The van der Waals surface area contributed by atoms with E-state index in [0.717, 1.165) is 26.3 Å². The second kappa shape index (κ2) is 7.39. The van der Waals surface area contributed by atoms with Gasteiger partial charge in [-0.25, -0.2) is 0 Å². The van der Waals surface area contributed by atoms with Gasteiger partial charge in [-0.05, 0) is 18.1 Å². The maximum atomic E-state index is 5.50. The van der Waals surface area contributed by atoms with Crippen LogP contribution in [-0.4, -0.2) is 31.2 Å². The van der Waals surface area contributed by atoms with E-state index in [1.54, 1.807) is 0 Å². The van der Waals surface area contributed by atoms with Crippen molar-refractivity contribution in [2.45, 2.75) is 13.0 Å². The molecule has 2 aromatic rings. The van der Waals surface area contributed by atoms with Crippen LogP contribution in [0.3, 0.4) is 0 Å². The smallest absolute Gasteiger partial charge is 0.0594 e. The molecule has 0 bridgehead atoms. The molecule has 0 amide bonds. The van der Waals surface area contributed by atoms with Gasteiger partial charge in [0.05, 0.1) is 19.3 Å². The molecule has 1 heterocycles. The molecule has 0 spiro atoms. The summed E-state index contributed by atoms with van der Waals surface area (Å²) in [5.74, 6) is 0. The van der Waals surface area contributed by atoms with Gasteiger partial charge in [0, 0.05) is 13.1 Å². The average Bonchev–Trinajstić information content (AvgIpc) is 2.59. The van der Waals surface area contributed by atoms with Crippen LogP contribution in [-0.2, 0) is 4.74 Å². The zero-order valence-corrected chi connectivity index (χ0v) is 13.1. The van der Waals surface area contributed by atoms with Gasteiger partial charge in [-0.2, -0.15) is 0 Å². The highest BCUT2D eigenvalue weighted by Gasteiger charge is 2.19. The number of nitrogens with zero attached hydrogens (tertiary/aromatic N) is 1. The maximum Gasteiger partial charge on any atom is 0.0594 e. The van der Waals surface area contributed by atoms with Crippen molar-refractivity contribution in [2.24, 2.45) is 0 Å². The molecule has 1 saturated heterocycles. The van der Waals surface area contributed by atoms with Gasteiger partial charge < -0.3 is 4.74 Å². The van der Waals surface area contributed by atoms with Crippen molar-refractivity contribution in [3.63, 3.8) is 0 Å². The number of hydrogen-bond acceptors (Lipinski definition) is 2. The molecule has 1 aliphatic heterocycles. The average molecular weight is 293 g/mol. The van der Waals surface area contributed by atoms with Crippen LogP contribution in [0.2, 0.25) is 0 Å². The molecule has 1 atom stereocenters. The summed E-state index contributed by atoms with van der Waals surface area (Å²) in [5, 5.41) is 0. The Kier molecular flexibility index (Phi) is 5.04. The highest BCUT2D eigenvalue weighted by Crippen LogP contribution is 2.24. The van der Waals surface area contributed by atoms with Crippen LogP contribution >= 0.6 is 0 Å². The molecule has 3 rings (SSSR count). The molecule has 0 radical (unpaired) electrons. The SMILES string of the molecule is Cc1ccc(/C=C\C(c2ccccc2)N2CCOCC2)cc1. The van der Waals surface area contributed by atoms with Gasteiger partial charge in [0.25, 0.3) is 0 Å². The first kappa shape index (κ1) is 15.0. The van der Waals surface area contributed by atoms with E-state index in [-0.39, 0.29) is 0 Å². The fourth-order valence-corrected chi connectivity index (χ4v) is 2.83. The number of aryl methyl sites for hydroxylation is 1. The minimum Gasteiger partial charge on any atom is -0.379 e. The van der Waals surface area contributed by atoms with E-state index in [4.69, 9.17) is 4.74 Å². The van der Waals surface area contributed by atoms with Gasteiger partial charge in [-0.1, -0.05) is 72.3 Å². The third-order valence-electron chi connectivity index (χ3n) is 4.13. The molecule has 1 aliphatic rings. The Morgan fingerprint density at radius 1 is 0.955 bits per heavy atom. The van der Waals surface area contributed by atoms with E-state index in [1.165, 1.54) is 16.7 Å². The quantitative estimate of drug-likeness (QED) is 0.842. The summed E-state index contributed by atoms with van der Waals surface area (Å²) < 4.78 is 5.50. The van der Waals surface area contributed by atoms with Gasteiger partial charge >= 0.3 is 0 Å². The van der Waals surface area contributed by atoms with Gasteiger partial charge in [-0.15, -0.1) is 0 Å². The Labute approximate surface area is 133 Å². The molecule has 22 heavy (non-hydrogen) atoms. The Balaban J connectivity index is 1.83. The molecule has 0 aliphatic carbocycles. The van der Waals surface area contributed by atoms with Crippen molar-refractivity contribution in [3.8, 4) is 0 Å². The normalized spacial score (nSPS) is 17.7. The summed E-state index contributed by atoms with van der Waals surface area (Å²) in [6, 6.07) is 19.7. The van der Waals surface area contributed by atoms with Gasteiger partial charge in [-0.3, -0.25) is 4.90 Å². The third kappa shape index (κ3) is 3.85. The predicted molar refractivity (Wildman–Crippen MR) is 91.8 cm³/mol. The number of benzene rings is 2. The summed E-state index contributed by atoms with van der Waals surface area (Å²) in [6.45, 7) is 5.73. The lowest BCUT2D eigenvalue weighted by molar-refractivity contribution is 0.0254. The lowest BCUT2D eigenvalue weighted by Crippen LogP contribution is -2.38. The standard InChI is InChI=1S/C20H23NO/c1-17-7-9-18(10-8-17)11-12-20(19-5-3-2-4-6-19)21-13-15-22-16-14-21/h2-12,20H,13-16H2,1H3/b12-11-.